The van der Waals surface area contributed by atoms with Gasteiger partial charge in [-0.15, -0.1) is 0 Å². The van der Waals surface area contributed by atoms with Crippen LogP contribution in [0.2, 0.25) is 0 Å². The third kappa shape index (κ3) is 4.17. The van der Waals surface area contributed by atoms with E-state index in [1.54, 1.807) is 0 Å². The van der Waals surface area contributed by atoms with Gasteiger partial charge < -0.3 is 10.3 Å². The van der Waals surface area contributed by atoms with Crippen molar-refractivity contribution in [3.05, 3.63) is 47.1 Å². The highest BCUT2D eigenvalue weighted by Gasteiger charge is 2.14. The molecule has 2 rings (SSSR count). The van der Waals surface area contributed by atoms with Crippen LogP contribution < -0.4 is 5.73 Å². The van der Waals surface area contributed by atoms with Crippen LogP contribution in [0.3, 0.4) is 0 Å². The molecule has 0 spiro atoms. The molecule has 4 heteroatoms. The lowest BCUT2D eigenvalue weighted by atomic mass is 10.0. The lowest BCUT2D eigenvalue weighted by molar-refractivity contribution is 0.355. The molecule has 0 atom stereocenters. The number of benzene rings is 1. The largest absolute Gasteiger partial charge is 0.339 e. The molecule has 0 aliphatic carbocycles. The molecule has 1 heterocycles. The van der Waals surface area contributed by atoms with Crippen molar-refractivity contribution in [1.82, 2.24) is 10.1 Å². The van der Waals surface area contributed by atoms with Crippen molar-refractivity contribution in [2.45, 2.75) is 45.6 Å². The maximum atomic E-state index is 5.94. The normalized spacial score (nSPS) is 11.8. The fourth-order valence-electron chi connectivity index (χ4n) is 1.87. The Kier molecular flexibility index (Phi) is 4.00. The topological polar surface area (TPSA) is 64.9 Å². The van der Waals surface area contributed by atoms with Crippen molar-refractivity contribution in [3.63, 3.8) is 0 Å². The van der Waals surface area contributed by atoms with Gasteiger partial charge in [0.2, 0.25) is 5.89 Å². The Morgan fingerprint density at radius 3 is 2.68 bits per heavy atom. The van der Waals surface area contributed by atoms with E-state index in [4.69, 9.17) is 10.3 Å². The van der Waals surface area contributed by atoms with Crippen molar-refractivity contribution in [2.75, 3.05) is 0 Å². The Labute approximate surface area is 114 Å². The highest BCUT2D eigenvalue weighted by molar-refractivity contribution is 5.27. The first kappa shape index (κ1) is 13.7. The maximum Gasteiger partial charge on any atom is 0.226 e. The minimum Gasteiger partial charge on any atom is -0.339 e. The number of hydrogen-bond donors (Lipinski definition) is 1. The molecule has 0 aliphatic rings. The summed E-state index contributed by atoms with van der Waals surface area (Å²) in [7, 11) is 0. The van der Waals surface area contributed by atoms with Crippen LogP contribution in [0.15, 0.2) is 28.8 Å². The van der Waals surface area contributed by atoms with Gasteiger partial charge in [-0.1, -0.05) is 29.4 Å². The smallest absolute Gasteiger partial charge is 0.226 e. The third-order valence-electron chi connectivity index (χ3n) is 3.10. The quantitative estimate of drug-likeness (QED) is 0.896. The summed E-state index contributed by atoms with van der Waals surface area (Å²) in [5.74, 6) is 1.40. The Morgan fingerprint density at radius 2 is 2.00 bits per heavy atom. The number of nitrogens with two attached hydrogens (primary N) is 1. The second-order valence-electron chi connectivity index (χ2n) is 5.70. The summed E-state index contributed by atoms with van der Waals surface area (Å²) >= 11 is 0. The average molecular weight is 259 g/mol. The highest BCUT2D eigenvalue weighted by atomic mass is 16.5. The molecule has 0 saturated heterocycles. The molecule has 2 N–H and O–H groups in total. The van der Waals surface area contributed by atoms with E-state index in [2.05, 4.69) is 29.2 Å². The molecule has 102 valence electrons. The molecular formula is C15H21N3O. The van der Waals surface area contributed by atoms with Gasteiger partial charge in [-0.3, -0.25) is 0 Å². The highest BCUT2D eigenvalue weighted by Crippen LogP contribution is 2.13. The van der Waals surface area contributed by atoms with E-state index in [-0.39, 0.29) is 5.54 Å². The molecule has 19 heavy (non-hydrogen) atoms. The second-order valence-corrected chi connectivity index (χ2v) is 5.70. The van der Waals surface area contributed by atoms with Gasteiger partial charge in [0.05, 0.1) is 0 Å². The monoisotopic (exact) mass is 259 g/mol. The number of hydrogen-bond acceptors (Lipinski definition) is 4. The van der Waals surface area contributed by atoms with Gasteiger partial charge in [0, 0.05) is 18.4 Å². The first-order chi connectivity index (χ1) is 8.94. The van der Waals surface area contributed by atoms with Gasteiger partial charge in [0.1, 0.15) is 0 Å². The van der Waals surface area contributed by atoms with Crippen molar-refractivity contribution in [2.24, 2.45) is 5.73 Å². The number of aryl methyl sites for hydroxylation is 2. The van der Waals surface area contributed by atoms with Gasteiger partial charge >= 0.3 is 0 Å². The molecule has 2 aromatic rings. The molecular weight excluding hydrogens is 238 g/mol. The zero-order valence-electron chi connectivity index (χ0n) is 11.8. The van der Waals surface area contributed by atoms with E-state index in [9.17, 15) is 0 Å². The summed E-state index contributed by atoms with van der Waals surface area (Å²) in [4.78, 5) is 4.42. The van der Waals surface area contributed by atoms with Gasteiger partial charge in [-0.05, 0) is 38.3 Å². The molecule has 0 fully saturated rings. The van der Waals surface area contributed by atoms with E-state index in [0.29, 0.717) is 12.3 Å². The molecule has 0 amide bonds. The van der Waals surface area contributed by atoms with Gasteiger partial charge in [-0.25, -0.2) is 0 Å². The van der Waals surface area contributed by atoms with Crippen LogP contribution in [0.4, 0.5) is 0 Å². The number of nitrogens with zero attached hydrogens (tertiary/aromatic N) is 2. The summed E-state index contributed by atoms with van der Waals surface area (Å²) in [5, 5.41) is 4.03. The van der Waals surface area contributed by atoms with Crippen molar-refractivity contribution >= 4 is 0 Å². The predicted octanol–water partition coefficient (Wildman–Crippen LogP) is 2.64. The van der Waals surface area contributed by atoms with Gasteiger partial charge in [0.15, 0.2) is 5.82 Å². The Hall–Kier alpha value is -1.68. The lowest BCUT2D eigenvalue weighted by Gasteiger charge is -2.16. The molecule has 0 bridgehead atoms. The lowest BCUT2D eigenvalue weighted by Crippen LogP contribution is -2.32. The van der Waals surface area contributed by atoms with Crippen molar-refractivity contribution in [1.29, 1.82) is 0 Å². The third-order valence-corrected chi connectivity index (χ3v) is 3.10. The summed E-state index contributed by atoms with van der Waals surface area (Å²) in [5.41, 5.74) is 8.22. The van der Waals surface area contributed by atoms with Gasteiger partial charge in [-0.2, -0.15) is 4.98 Å². The fourth-order valence-corrected chi connectivity index (χ4v) is 1.87. The van der Waals surface area contributed by atoms with E-state index < -0.39 is 0 Å². The van der Waals surface area contributed by atoms with Crippen LogP contribution in [0.25, 0.3) is 0 Å². The summed E-state index contributed by atoms with van der Waals surface area (Å²) in [6.45, 7) is 6.09. The first-order valence-corrected chi connectivity index (χ1v) is 6.59. The SMILES string of the molecule is Cc1ccccc1Cc1noc(CCC(C)(C)N)n1. The Morgan fingerprint density at radius 1 is 1.26 bits per heavy atom. The second kappa shape index (κ2) is 5.53. The van der Waals surface area contributed by atoms with Crippen LogP contribution in [0.1, 0.15) is 43.1 Å². The van der Waals surface area contributed by atoms with Crippen LogP contribution in [0.5, 0.6) is 0 Å². The zero-order valence-corrected chi connectivity index (χ0v) is 11.8. The maximum absolute atomic E-state index is 5.94. The van der Waals surface area contributed by atoms with E-state index >= 15 is 0 Å². The first-order valence-electron chi connectivity index (χ1n) is 6.59. The molecule has 0 aliphatic heterocycles. The summed E-state index contributed by atoms with van der Waals surface area (Å²) < 4.78 is 5.26. The minimum atomic E-state index is -0.204. The van der Waals surface area contributed by atoms with Crippen LogP contribution in [-0.2, 0) is 12.8 Å². The Balaban J connectivity index is 2.00. The van der Waals surface area contributed by atoms with E-state index in [0.717, 1.165) is 18.7 Å². The zero-order chi connectivity index (χ0) is 13.9. The number of aromatic nitrogens is 2. The minimum absolute atomic E-state index is 0.204. The standard InChI is InChI=1S/C15H21N3O/c1-11-6-4-5-7-12(11)10-13-17-14(19-18-13)8-9-15(2,3)16/h4-7H,8-10,16H2,1-3H3. The van der Waals surface area contributed by atoms with Crippen LogP contribution in [0, 0.1) is 6.92 Å². The molecule has 4 nitrogen and oxygen atoms in total. The van der Waals surface area contributed by atoms with E-state index in [1.165, 1.54) is 11.1 Å². The summed E-state index contributed by atoms with van der Waals surface area (Å²) in [6, 6.07) is 8.24. The van der Waals surface area contributed by atoms with Crippen LogP contribution in [-0.4, -0.2) is 15.7 Å². The molecule has 0 unspecified atom stereocenters. The number of rotatable bonds is 5. The van der Waals surface area contributed by atoms with E-state index in [1.807, 2.05) is 26.0 Å². The molecule has 1 aromatic heterocycles. The summed E-state index contributed by atoms with van der Waals surface area (Å²) in [6.07, 6.45) is 2.27. The van der Waals surface area contributed by atoms with Crippen LogP contribution >= 0.6 is 0 Å². The molecule has 1 aromatic carbocycles. The fraction of sp³-hybridized carbons (Fsp3) is 0.467. The average Bonchev–Trinajstić information content (AvgIpc) is 2.77. The molecule has 0 radical (unpaired) electrons. The van der Waals surface area contributed by atoms with Crippen molar-refractivity contribution < 1.29 is 4.52 Å². The van der Waals surface area contributed by atoms with Crippen molar-refractivity contribution in [3.8, 4) is 0 Å². The predicted molar refractivity (Wildman–Crippen MR) is 74.9 cm³/mol. The Bertz CT molecular complexity index is 540. The van der Waals surface area contributed by atoms with Gasteiger partial charge in [0.25, 0.3) is 0 Å². The molecule has 0 saturated carbocycles.